The van der Waals surface area contributed by atoms with Gasteiger partial charge in [-0.2, -0.15) is 0 Å². The normalized spacial score (nSPS) is 10.2. The molecule has 4 heteroatoms. The molecule has 2 amide bonds. The van der Waals surface area contributed by atoms with E-state index < -0.39 is 0 Å². The highest BCUT2D eigenvalue weighted by Gasteiger charge is 2.14. The lowest BCUT2D eigenvalue weighted by molar-refractivity contribution is 0.0785. The van der Waals surface area contributed by atoms with Gasteiger partial charge in [0.25, 0.3) is 11.8 Å². The number of benzene rings is 2. The molecule has 0 aromatic heterocycles. The van der Waals surface area contributed by atoms with Crippen LogP contribution < -0.4 is 5.32 Å². The van der Waals surface area contributed by atoms with Crippen LogP contribution in [0.5, 0.6) is 0 Å². The first-order chi connectivity index (χ1) is 11.6. The summed E-state index contributed by atoms with van der Waals surface area (Å²) in [6.07, 6.45) is 1.98. The van der Waals surface area contributed by atoms with Crippen LogP contribution in [0.2, 0.25) is 0 Å². The summed E-state index contributed by atoms with van der Waals surface area (Å²) in [5.41, 5.74) is 2.11. The lowest BCUT2D eigenvalue weighted by atomic mass is 10.1. The molecule has 0 heterocycles. The van der Waals surface area contributed by atoms with Crippen molar-refractivity contribution in [3.8, 4) is 0 Å². The molecule has 2 rings (SSSR count). The Morgan fingerprint density at radius 1 is 1.00 bits per heavy atom. The van der Waals surface area contributed by atoms with Gasteiger partial charge in [-0.3, -0.25) is 9.59 Å². The molecule has 0 unspecified atom stereocenters. The van der Waals surface area contributed by atoms with E-state index in [1.165, 1.54) is 0 Å². The Labute approximate surface area is 143 Å². The zero-order valence-corrected chi connectivity index (χ0v) is 14.3. The van der Waals surface area contributed by atoms with E-state index in [2.05, 4.69) is 12.2 Å². The van der Waals surface area contributed by atoms with Crippen LogP contribution in [0.1, 0.15) is 46.0 Å². The van der Waals surface area contributed by atoms with Crippen molar-refractivity contribution in [2.45, 2.75) is 26.3 Å². The van der Waals surface area contributed by atoms with Crippen molar-refractivity contribution in [3.63, 3.8) is 0 Å². The molecule has 2 aromatic carbocycles. The fraction of sp³-hybridized carbons (Fsp3) is 0.300. The minimum atomic E-state index is -0.135. The summed E-state index contributed by atoms with van der Waals surface area (Å²) < 4.78 is 0. The van der Waals surface area contributed by atoms with E-state index >= 15 is 0 Å². The van der Waals surface area contributed by atoms with E-state index in [9.17, 15) is 9.59 Å². The van der Waals surface area contributed by atoms with Gasteiger partial charge in [-0.15, -0.1) is 0 Å². The standard InChI is InChI=1S/C20H24N2O2/c1-3-4-13-21-19(23)17-11-8-12-18(14-17)20(24)22(2)15-16-9-6-5-7-10-16/h5-12,14H,3-4,13,15H2,1-2H3,(H,21,23). The quantitative estimate of drug-likeness (QED) is 0.793. The van der Waals surface area contributed by atoms with Crippen molar-refractivity contribution >= 4 is 11.8 Å². The lowest BCUT2D eigenvalue weighted by Crippen LogP contribution is -2.27. The second-order valence-corrected chi connectivity index (χ2v) is 5.84. The van der Waals surface area contributed by atoms with E-state index in [-0.39, 0.29) is 11.8 Å². The van der Waals surface area contributed by atoms with Gasteiger partial charge < -0.3 is 10.2 Å². The minimum Gasteiger partial charge on any atom is -0.352 e. The molecule has 24 heavy (non-hydrogen) atoms. The maximum Gasteiger partial charge on any atom is 0.253 e. The molecule has 0 aliphatic rings. The molecule has 2 aromatic rings. The van der Waals surface area contributed by atoms with Gasteiger partial charge in [0, 0.05) is 31.3 Å². The molecule has 0 radical (unpaired) electrons. The van der Waals surface area contributed by atoms with E-state index in [4.69, 9.17) is 0 Å². The van der Waals surface area contributed by atoms with Crippen LogP contribution in [-0.2, 0) is 6.54 Å². The summed E-state index contributed by atoms with van der Waals surface area (Å²) in [5, 5.41) is 2.87. The summed E-state index contributed by atoms with van der Waals surface area (Å²) in [7, 11) is 1.77. The Bertz CT molecular complexity index is 683. The fourth-order valence-electron chi connectivity index (χ4n) is 2.42. The molecule has 1 N–H and O–H groups in total. The van der Waals surface area contributed by atoms with Crippen molar-refractivity contribution in [2.24, 2.45) is 0 Å². The van der Waals surface area contributed by atoms with Gasteiger partial charge >= 0.3 is 0 Å². The molecule has 0 atom stereocenters. The Morgan fingerprint density at radius 2 is 1.71 bits per heavy atom. The van der Waals surface area contributed by atoms with Crippen molar-refractivity contribution in [3.05, 3.63) is 71.3 Å². The van der Waals surface area contributed by atoms with Crippen molar-refractivity contribution in [1.29, 1.82) is 0 Å². The van der Waals surface area contributed by atoms with E-state index in [0.717, 1.165) is 18.4 Å². The van der Waals surface area contributed by atoms with Gasteiger partial charge in [0.2, 0.25) is 0 Å². The monoisotopic (exact) mass is 324 g/mol. The topological polar surface area (TPSA) is 49.4 Å². The number of nitrogens with zero attached hydrogens (tertiary/aromatic N) is 1. The molecule has 0 aliphatic heterocycles. The van der Waals surface area contributed by atoms with Gasteiger partial charge in [-0.1, -0.05) is 49.7 Å². The van der Waals surface area contributed by atoms with Gasteiger partial charge in [0.05, 0.1) is 0 Å². The number of carbonyl (C=O) groups is 2. The minimum absolute atomic E-state index is 0.0953. The third kappa shape index (κ3) is 4.95. The molecule has 0 bridgehead atoms. The zero-order chi connectivity index (χ0) is 17.4. The summed E-state index contributed by atoms with van der Waals surface area (Å²) in [4.78, 5) is 26.4. The largest absolute Gasteiger partial charge is 0.352 e. The zero-order valence-electron chi connectivity index (χ0n) is 14.3. The Hall–Kier alpha value is -2.62. The van der Waals surface area contributed by atoms with Crippen LogP contribution in [0.4, 0.5) is 0 Å². The number of hydrogen-bond acceptors (Lipinski definition) is 2. The van der Waals surface area contributed by atoms with Crippen molar-refractivity contribution in [1.82, 2.24) is 10.2 Å². The average Bonchev–Trinajstić information content (AvgIpc) is 2.62. The van der Waals surface area contributed by atoms with Gasteiger partial charge in [0.15, 0.2) is 0 Å². The van der Waals surface area contributed by atoms with E-state index in [0.29, 0.717) is 24.2 Å². The molecule has 126 valence electrons. The van der Waals surface area contributed by atoms with Crippen LogP contribution in [0.3, 0.4) is 0 Å². The predicted molar refractivity (Wildman–Crippen MR) is 95.9 cm³/mol. The second kappa shape index (κ2) is 8.87. The summed E-state index contributed by atoms with van der Waals surface area (Å²) >= 11 is 0. The van der Waals surface area contributed by atoms with Crippen LogP contribution in [0.15, 0.2) is 54.6 Å². The number of rotatable bonds is 7. The average molecular weight is 324 g/mol. The summed E-state index contributed by atoms with van der Waals surface area (Å²) in [6.45, 7) is 3.27. The first-order valence-electron chi connectivity index (χ1n) is 8.29. The first kappa shape index (κ1) is 17.7. The third-order valence-electron chi connectivity index (χ3n) is 3.80. The molecule has 0 aliphatic carbocycles. The number of nitrogens with one attached hydrogen (secondary N) is 1. The molecule has 0 saturated carbocycles. The Morgan fingerprint density at radius 3 is 2.42 bits per heavy atom. The summed E-state index contributed by atoms with van der Waals surface area (Å²) in [6, 6.07) is 16.7. The van der Waals surface area contributed by atoms with E-state index in [1.807, 2.05) is 30.3 Å². The molecule has 4 nitrogen and oxygen atoms in total. The molecular weight excluding hydrogens is 300 g/mol. The molecule has 0 saturated heterocycles. The van der Waals surface area contributed by atoms with Crippen molar-refractivity contribution in [2.75, 3.05) is 13.6 Å². The smallest absolute Gasteiger partial charge is 0.253 e. The number of unbranched alkanes of at least 4 members (excludes halogenated alkanes) is 1. The van der Waals surface area contributed by atoms with Gasteiger partial charge in [-0.05, 0) is 30.2 Å². The number of hydrogen-bond donors (Lipinski definition) is 1. The van der Waals surface area contributed by atoms with Gasteiger partial charge in [-0.25, -0.2) is 0 Å². The molecular formula is C20H24N2O2. The third-order valence-corrected chi connectivity index (χ3v) is 3.80. The maximum atomic E-state index is 12.6. The highest BCUT2D eigenvalue weighted by atomic mass is 16.2. The predicted octanol–water partition coefficient (Wildman–Crippen LogP) is 3.49. The summed E-state index contributed by atoms with van der Waals surface area (Å²) in [5.74, 6) is -0.231. The first-order valence-corrected chi connectivity index (χ1v) is 8.29. The van der Waals surface area contributed by atoms with Crippen LogP contribution in [0, 0.1) is 0 Å². The molecule has 0 fully saturated rings. The van der Waals surface area contributed by atoms with Gasteiger partial charge in [0.1, 0.15) is 0 Å². The van der Waals surface area contributed by atoms with E-state index in [1.54, 1.807) is 36.2 Å². The SMILES string of the molecule is CCCCNC(=O)c1cccc(C(=O)N(C)Cc2ccccc2)c1. The fourth-order valence-corrected chi connectivity index (χ4v) is 2.42. The highest BCUT2D eigenvalue weighted by molar-refractivity contribution is 5.99. The van der Waals surface area contributed by atoms with Crippen LogP contribution in [0.25, 0.3) is 0 Å². The number of carbonyl (C=O) groups excluding carboxylic acids is 2. The van der Waals surface area contributed by atoms with Crippen LogP contribution >= 0.6 is 0 Å². The second-order valence-electron chi connectivity index (χ2n) is 5.84. The Kier molecular flexibility index (Phi) is 6.55. The molecule has 0 spiro atoms. The number of amides is 2. The van der Waals surface area contributed by atoms with Crippen molar-refractivity contribution < 1.29 is 9.59 Å². The van der Waals surface area contributed by atoms with Crippen LogP contribution in [-0.4, -0.2) is 30.3 Å². The lowest BCUT2D eigenvalue weighted by Gasteiger charge is -2.17. The highest BCUT2D eigenvalue weighted by Crippen LogP contribution is 2.11. The maximum absolute atomic E-state index is 12.6. The Balaban J connectivity index is 2.04.